The smallest absolute Gasteiger partial charge is 0.306 e. The second-order valence-electron chi connectivity index (χ2n) is 7.66. The molecule has 0 radical (unpaired) electrons. The van der Waals surface area contributed by atoms with E-state index in [2.05, 4.69) is 6.92 Å². The number of carbonyl (C=O) groups is 1. The molecule has 0 spiro atoms. The van der Waals surface area contributed by atoms with Gasteiger partial charge < -0.3 is 14.6 Å². The monoisotopic (exact) mass is 392 g/mol. The number of benzene rings is 1. The normalized spacial score (nSPS) is 10.8. The first kappa shape index (κ1) is 24.3. The lowest BCUT2D eigenvalue weighted by Gasteiger charge is -2.08. The minimum absolute atomic E-state index is 0.0875. The van der Waals surface area contributed by atoms with Crippen LogP contribution in [-0.4, -0.2) is 18.2 Å². The molecule has 0 saturated heterocycles. The molecule has 4 nitrogen and oxygen atoms in total. The SMILES string of the molecule is CCCCCCCCCCCCCCCC(=O)OCc1ccc(O)c(OC)c1. The number of aromatic hydroxyl groups is 1. The molecule has 0 unspecified atom stereocenters. The topological polar surface area (TPSA) is 55.8 Å². The number of unbranched alkanes of at least 4 members (excludes halogenated alkanes) is 12. The molecule has 4 heteroatoms. The molecule has 1 aromatic carbocycles. The number of hydrogen-bond acceptors (Lipinski definition) is 4. The minimum atomic E-state index is -0.157. The Labute approximate surface area is 171 Å². The Balaban J connectivity index is 1.93. The highest BCUT2D eigenvalue weighted by atomic mass is 16.5. The van der Waals surface area contributed by atoms with Crippen molar-refractivity contribution in [2.75, 3.05) is 7.11 Å². The highest BCUT2D eigenvalue weighted by molar-refractivity contribution is 5.69. The van der Waals surface area contributed by atoms with Crippen LogP contribution >= 0.6 is 0 Å². The number of phenolic OH excluding ortho intramolecular Hbond substituents is 1. The number of phenols is 1. The van der Waals surface area contributed by atoms with Gasteiger partial charge in [0.15, 0.2) is 11.5 Å². The van der Waals surface area contributed by atoms with E-state index in [1.54, 1.807) is 18.2 Å². The van der Waals surface area contributed by atoms with Crippen molar-refractivity contribution in [2.45, 2.75) is 103 Å². The molecule has 1 N–H and O–H groups in total. The first-order valence-corrected chi connectivity index (χ1v) is 11.2. The summed E-state index contributed by atoms with van der Waals surface area (Å²) in [6.07, 6.45) is 17.3. The van der Waals surface area contributed by atoms with E-state index >= 15 is 0 Å². The molecule has 0 aliphatic heterocycles. The predicted octanol–water partition coefficient (Wildman–Crippen LogP) is 6.93. The number of rotatable bonds is 17. The molecule has 28 heavy (non-hydrogen) atoms. The minimum Gasteiger partial charge on any atom is -0.504 e. The number of methoxy groups -OCH3 is 1. The fourth-order valence-electron chi connectivity index (χ4n) is 3.33. The molecule has 0 saturated carbocycles. The molecule has 1 rings (SSSR count). The summed E-state index contributed by atoms with van der Waals surface area (Å²) >= 11 is 0. The summed E-state index contributed by atoms with van der Waals surface area (Å²) in [4.78, 5) is 11.8. The maximum atomic E-state index is 11.8. The Morgan fingerprint density at radius 3 is 1.93 bits per heavy atom. The zero-order valence-corrected chi connectivity index (χ0v) is 18.0. The number of esters is 1. The van der Waals surface area contributed by atoms with E-state index in [0.29, 0.717) is 12.2 Å². The van der Waals surface area contributed by atoms with E-state index in [-0.39, 0.29) is 18.3 Å². The number of ether oxygens (including phenoxy) is 2. The van der Waals surface area contributed by atoms with Crippen molar-refractivity contribution in [1.82, 2.24) is 0 Å². The Morgan fingerprint density at radius 1 is 0.857 bits per heavy atom. The Hall–Kier alpha value is -1.71. The predicted molar refractivity (Wildman–Crippen MR) is 115 cm³/mol. The van der Waals surface area contributed by atoms with E-state index < -0.39 is 0 Å². The molecular formula is C24H40O4. The van der Waals surface area contributed by atoms with Crippen LogP contribution < -0.4 is 4.74 Å². The molecule has 0 aromatic heterocycles. The molecule has 0 fully saturated rings. The van der Waals surface area contributed by atoms with E-state index in [0.717, 1.165) is 18.4 Å². The van der Waals surface area contributed by atoms with Crippen LogP contribution in [0.1, 0.15) is 102 Å². The van der Waals surface area contributed by atoms with Gasteiger partial charge in [0.1, 0.15) is 6.61 Å². The van der Waals surface area contributed by atoms with Crippen molar-refractivity contribution in [1.29, 1.82) is 0 Å². The molecule has 0 aliphatic rings. The van der Waals surface area contributed by atoms with Gasteiger partial charge in [0.05, 0.1) is 7.11 Å². The maximum Gasteiger partial charge on any atom is 0.306 e. The number of carbonyl (C=O) groups excluding carboxylic acids is 1. The van der Waals surface area contributed by atoms with Crippen LogP contribution in [0.25, 0.3) is 0 Å². The van der Waals surface area contributed by atoms with Crippen molar-refractivity contribution in [3.63, 3.8) is 0 Å². The molecule has 160 valence electrons. The lowest BCUT2D eigenvalue weighted by molar-refractivity contribution is -0.145. The van der Waals surface area contributed by atoms with E-state index in [4.69, 9.17) is 9.47 Å². The van der Waals surface area contributed by atoms with Gasteiger partial charge in [-0.15, -0.1) is 0 Å². The summed E-state index contributed by atoms with van der Waals surface area (Å²) < 4.78 is 10.4. The van der Waals surface area contributed by atoms with Crippen molar-refractivity contribution < 1.29 is 19.4 Å². The van der Waals surface area contributed by atoms with Crippen LogP contribution in [0, 0.1) is 0 Å². The summed E-state index contributed by atoms with van der Waals surface area (Å²) in [6, 6.07) is 4.97. The summed E-state index contributed by atoms with van der Waals surface area (Å²) in [5.41, 5.74) is 0.813. The van der Waals surface area contributed by atoms with E-state index in [1.165, 1.54) is 77.7 Å². The fourth-order valence-corrected chi connectivity index (χ4v) is 3.33. The standard InChI is InChI=1S/C24H40O4/c1-3-4-5-6-7-8-9-10-11-12-13-14-15-16-24(26)28-20-21-17-18-22(25)23(19-21)27-2/h17-19,25H,3-16,20H2,1-2H3. The van der Waals surface area contributed by atoms with E-state index in [9.17, 15) is 9.90 Å². The van der Waals surface area contributed by atoms with Crippen molar-refractivity contribution in [2.24, 2.45) is 0 Å². The molecule has 0 atom stereocenters. The lowest BCUT2D eigenvalue weighted by Crippen LogP contribution is -2.04. The largest absolute Gasteiger partial charge is 0.504 e. The number of hydrogen-bond donors (Lipinski definition) is 1. The Morgan fingerprint density at radius 2 is 1.39 bits per heavy atom. The highest BCUT2D eigenvalue weighted by Crippen LogP contribution is 2.26. The zero-order chi connectivity index (χ0) is 20.5. The van der Waals surface area contributed by atoms with Crippen molar-refractivity contribution >= 4 is 5.97 Å². The van der Waals surface area contributed by atoms with Gasteiger partial charge in [0.25, 0.3) is 0 Å². The molecule has 1 aromatic rings. The summed E-state index contributed by atoms with van der Waals surface area (Å²) in [5.74, 6) is 0.324. The maximum absolute atomic E-state index is 11.8. The van der Waals surface area contributed by atoms with Gasteiger partial charge >= 0.3 is 5.97 Å². The molecular weight excluding hydrogens is 352 g/mol. The van der Waals surface area contributed by atoms with Crippen molar-refractivity contribution in [3.8, 4) is 11.5 Å². The second kappa shape index (κ2) is 16.3. The third kappa shape index (κ3) is 11.9. The first-order valence-electron chi connectivity index (χ1n) is 11.2. The Kier molecular flexibility index (Phi) is 14.1. The lowest BCUT2D eigenvalue weighted by atomic mass is 10.0. The summed E-state index contributed by atoms with van der Waals surface area (Å²) in [7, 11) is 1.50. The van der Waals surface area contributed by atoms with Crippen LogP contribution in [0.3, 0.4) is 0 Å². The van der Waals surface area contributed by atoms with Crippen LogP contribution in [0.15, 0.2) is 18.2 Å². The zero-order valence-electron chi connectivity index (χ0n) is 18.0. The van der Waals surface area contributed by atoms with Crippen LogP contribution in [0.4, 0.5) is 0 Å². The van der Waals surface area contributed by atoms with Crippen molar-refractivity contribution in [3.05, 3.63) is 23.8 Å². The van der Waals surface area contributed by atoms with E-state index in [1.807, 2.05) is 0 Å². The van der Waals surface area contributed by atoms with Gasteiger partial charge in [-0.1, -0.05) is 90.0 Å². The third-order valence-corrected chi connectivity index (χ3v) is 5.13. The van der Waals surface area contributed by atoms with Gasteiger partial charge in [-0.3, -0.25) is 4.79 Å². The Bertz CT molecular complexity index is 527. The third-order valence-electron chi connectivity index (χ3n) is 5.13. The second-order valence-corrected chi connectivity index (χ2v) is 7.66. The van der Waals surface area contributed by atoms with Crippen LogP contribution in [0.2, 0.25) is 0 Å². The average Bonchev–Trinajstić information content (AvgIpc) is 2.70. The first-order chi connectivity index (χ1) is 13.7. The van der Waals surface area contributed by atoms with Crippen LogP contribution in [-0.2, 0) is 16.1 Å². The van der Waals surface area contributed by atoms with Gasteiger partial charge in [-0.25, -0.2) is 0 Å². The average molecular weight is 393 g/mol. The summed E-state index contributed by atoms with van der Waals surface area (Å²) in [5, 5.41) is 9.57. The molecule has 0 amide bonds. The summed E-state index contributed by atoms with van der Waals surface area (Å²) in [6.45, 7) is 2.48. The van der Waals surface area contributed by atoms with Gasteiger partial charge in [0, 0.05) is 6.42 Å². The van der Waals surface area contributed by atoms with Gasteiger partial charge in [-0.2, -0.15) is 0 Å². The molecule has 0 aliphatic carbocycles. The van der Waals surface area contributed by atoms with Gasteiger partial charge in [0.2, 0.25) is 0 Å². The molecule has 0 bridgehead atoms. The van der Waals surface area contributed by atoms with Gasteiger partial charge in [-0.05, 0) is 24.1 Å². The quantitative estimate of drug-likeness (QED) is 0.231. The highest BCUT2D eigenvalue weighted by Gasteiger charge is 2.06. The van der Waals surface area contributed by atoms with Crippen LogP contribution in [0.5, 0.6) is 11.5 Å². The molecule has 0 heterocycles. The fraction of sp³-hybridized carbons (Fsp3) is 0.708.